The molecule has 0 spiro atoms. The van der Waals surface area contributed by atoms with Crippen LogP contribution < -0.4 is 0 Å². The summed E-state index contributed by atoms with van der Waals surface area (Å²) in [4.78, 5) is 0. The SMILES string of the molecule is Cc1ccc(C(Cl)=CC#N)cc1. The Hall–Kier alpha value is -1.26. The van der Waals surface area contributed by atoms with Crippen LogP contribution in [0, 0.1) is 18.3 Å². The summed E-state index contributed by atoms with van der Waals surface area (Å²) in [5, 5.41) is 8.83. The van der Waals surface area contributed by atoms with Gasteiger partial charge in [0, 0.05) is 6.08 Å². The van der Waals surface area contributed by atoms with E-state index < -0.39 is 0 Å². The summed E-state index contributed by atoms with van der Waals surface area (Å²) in [7, 11) is 0. The van der Waals surface area contributed by atoms with E-state index in [-0.39, 0.29) is 0 Å². The average molecular weight is 178 g/mol. The lowest BCUT2D eigenvalue weighted by atomic mass is 10.1. The number of allylic oxidation sites excluding steroid dienone is 1. The Labute approximate surface area is 76.9 Å². The van der Waals surface area contributed by atoms with E-state index in [0.29, 0.717) is 5.03 Å². The molecule has 0 saturated carbocycles. The summed E-state index contributed by atoms with van der Waals surface area (Å²) in [6.07, 6.45) is 1.33. The molecule has 0 aromatic heterocycles. The van der Waals surface area contributed by atoms with E-state index in [1.807, 2.05) is 37.3 Å². The van der Waals surface area contributed by atoms with Crippen LogP contribution >= 0.6 is 11.6 Å². The van der Waals surface area contributed by atoms with E-state index in [4.69, 9.17) is 16.9 Å². The highest BCUT2D eigenvalue weighted by molar-refractivity contribution is 6.48. The molecule has 1 rings (SSSR count). The molecule has 0 N–H and O–H groups in total. The molecule has 1 aromatic carbocycles. The van der Waals surface area contributed by atoms with Gasteiger partial charge in [0.1, 0.15) is 0 Å². The van der Waals surface area contributed by atoms with E-state index in [1.165, 1.54) is 11.6 Å². The summed E-state index contributed by atoms with van der Waals surface area (Å²) >= 11 is 5.80. The molecule has 0 bridgehead atoms. The van der Waals surface area contributed by atoms with Crippen LogP contribution in [0.4, 0.5) is 0 Å². The second kappa shape index (κ2) is 3.94. The molecule has 1 aromatic rings. The molecule has 0 saturated heterocycles. The number of nitrogens with zero attached hydrogens (tertiary/aromatic N) is 1. The molecule has 0 aliphatic heterocycles. The molecule has 12 heavy (non-hydrogen) atoms. The van der Waals surface area contributed by atoms with Crippen molar-refractivity contribution in [2.24, 2.45) is 0 Å². The lowest BCUT2D eigenvalue weighted by molar-refractivity contribution is 1.46. The smallest absolute Gasteiger partial charge is 0.0927 e. The van der Waals surface area contributed by atoms with E-state index in [9.17, 15) is 0 Å². The Morgan fingerprint density at radius 1 is 1.42 bits per heavy atom. The van der Waals surface area contributed by atoms with Gasteiger partial charge in [-0.3, -0.25) is 0 Å². The largest absolute Gasteiger partial charge is 0.193 e. The number of halogens is 1. The van der Waals surface area contributed by atoms with Crippen LogP contribution in [-0.4, -0.2) is 0 Å². The van der Waals surface area contributed by atoms with Crippen molar-refractivity contribution in [3.05, 3.63) is 41.5 Å². The molecule has 0 heterocycles. The van der Waals surface area contributed by atoms with Gasteiger partial charge in [-0.2, -0.15) is 5.26 Å². The second-order valence-corrected chi connectivity index (χ2v) is 2.89. The molecule has 0 atom stereocenters. The maximum Gasteiger partial charge on any atom is 0.0927 e. The third-order valence-corrected chi connectivity index (χ3v) is 1.85. The predicted octanol–water partition coefficient (Wildman–Crippen LogP) is 3.10. The second-order valence-electron chi connectivity index (χ2n) is 2.49. The fourth-order valence-corrected chi connectivity index (χ4v) is 1.03. The molecule has 0 amide bonds. The third kappa shape index (κ3) is 2.11. The number of benzene rings is 1. The van der Waals surface area contributed by atoms with E-state index in [2.05, 4.69) is 0 Å². The molecule has 0 aliphatic rings. The molecule has 2 heteroatoms. The van der Waals surface area contributed by atoms with Crippen molar-refractivity contribution in [1.29, 1.82) is 5.26 Å². The van der Waals surface area contributed by atoms with Crippen LogP contribution in [0.2, 0.25) is 0 Å². The maximum absolute atomic E-state index is 8.34. The van der Waals surface area contributed by atoms with Crippen LogP contribution in [0.5, 0.6) is 0 Å². The molecule has 0 unspecified atom stereocenters. The minimum atomic E-state index is 0.484. The minimum absolute atomic E-state index is 0.484. The van der Waals surface area contributed by atoms with Crippen LogP contribution in [0.3, 0.4) is 0 Å². The molecule has 0 radical (unpaired) electrons. The van der Waals surface area contributed by atoms with Crippen LogP contribution in [0.25, 0.3) is 5.03 Å². The van der Waals surface area contributed by atoms with Gasteiger partial charge in [-0.25, -0.2) is 0 Å². The first-order valence-electron chi connectivity index (χ1n) is 3.56. The number of nitriles is 1. The fraction of sp³-hybridized carbons (Fsp3) is 0.100. The number of aryl methyl sites for hydroxylation is 1. The van der Waals surface area contributed by atoms with Gasteiger partial charge >= 0.3 is 0 Å². The molecular formula is C10H8ClN. The lowest BCUT2D eigenvalue weighted by Gasteiger charge is -1.97. The van der Waals surface area contributed by atoms with Crippen LogP contribution in [-0.2, 0) is 0 Å². The van der Waals surface area contributed by atoms with Crippen molar-refractivity contribution >= 4 is 16.6 Å². The normalized spacial score (nSPS) is 10.9. The van der Waals surface area contributed by atoms with Crippen molar-refractivity contribution < 1.29 is 0 Å². The number of hydrogen-bond donors (Lipinski definition) is 0. The number of hydrogen-bond acceptors (Lipinski definition) is 1. The first kappa shape index (κ1) is 8.83. The van der Waals surface area contributed by atoms with Crippen LogP contribution in [0.15, 0.2) is 30.3 Å². The van der Waals surface area contributed by atoms with E-state index in [0.717, 1.165) is 5.56 Å². The average Bonchev–Trinajstić information content (AvgIpc) is 2.06. The Bertz CT molecular complexity index is 330. The van der Waals surface area contributed by atoms with Crippen LogP contribution in [0.1, 0.15) is 11.1 Å². The zero-order valence-corrected chi connectivity index (χ0v) is 7.47. The standard InChI is InChI=1S/C10H8ClN/c1-8-2-4-9(5-3-8)10(11)6-7-12/h2-6H,1H3. The quantitative estimate of drug-likeness (QED) is 0.605. The van der Waals surface area contributed by atoms with Gasteiger partial charge in [0.15, 0.2) is 0 Å². The first-order chi connectivity index (χ1) is 5.74. The highest BCUT2D eigenvalue weighted by Crippen LogP contribution is 2.18. The lowest BCUT2D eigenvalue weighted by Crippen LogP contribution is -1.77. The van der Waals surface area contributed by atoms with Crippen molar-refractivity contribution in [3.8, 4) is 6.07 Å². The zero-order chi connectivity index (χ0) is 8.97. The van der Waals surface area contributed by atoms with Crippen molar-refractivity contribution in [1.82, 2.24) is 0 Å². The van der Waals surface area contributed by atoms with Gasteiger partial charge < -0.3 is 0 Å². The van der Waals surface area contributed by atoms with Gasteiger partial charge in [0.2, 0.25) is 0 Å². The van der Waals surface area contributed by atoms with Crippen molar-refractivity contribution in [2.75, 3.05) is 0 Å². The molecule has 60 valence electrons. The summed E-state index contributed by atoms with van der Waals surface area (Å²) in [6.45, 7) is 2.01. The predicted molar refractivity (Wildman–Crippen MR) is 50.6 cm³/mol. The Kier molecular flexibility index (Phi) is 2.90. The zero-order valence-electron chi connectivity index (χ0n) is 6.71. The Balaban J connectivity index is 2.99. The Morgan fingerprint density at radius 3 is 2.50 bits per heavy atom. The fourth-order valence-electron chi connectivity index (χ4n) is 0.853. The summed E-state index contributed by atoms with van der Waals surface area (Å²) < 4.78 is 0. The summed E-state index contributed by atoms with van der Waals surface area (Å²) in [5.74, 6) is 0. The molecule has 0 fully saturated rings. The summed E-state index contributed by atoms with van der Waals surface area (Å²) in [6, 6.07) is 9.60. The number of rotatable bonds is 1. The summed E-state index contributed by atoms with van der Waals surface area (Å²) in [5.41, 5.74) is 2.06. The maximum atomic E-state index is 8.34. The monoisotopic (exact) mass is 177 g/mol. The van der Waals surface area contributed by atoms with Gasteiger partial charge in [-0.15, -0.1) is 0 Å². The van der Waals surface area contributed by atoms with Gasteiger partial charge in [0.05, 0.1) is 11.1 Å². The first-order valence-corrected chi connectivity index (χ1v) is 3.94. The van der Waals surface area contributed by atoms with Gasteiger partial charge in [-0.1, -0.05) is 41.4 Å². The third-order valence-electron chi connectivity index (χ3n) is 1.52. The minimum Gasteiger partial charge on any atom is -0.193 e. The highest BCUT2D eigenvalue weighted by Gasteiger charge is 1.95. The van der Waals surface area contributed by atoms with Crippen molar-refractivity contribution in [3.63, 3.8) is 0 Å². The van der Waals surface area contributed by atoms with Gasteiger partial charge in [-0.05, 0) is 12.5 Å². The molecule has 0 aliphatic carbocycles. The topological polar surface area (TPSA) is 23.8 Å². The molecule has 1 nitrogen and oxygen atoms in total. The molecular weight excluding hydrogens is 170 g/mol. The Morgan fingerprint density at radius 2 is 2.00 bits per heavy atom. The van der Waals surface area contributed by atoms with Gasteiger partial charge in [0.25, 0.3) is 0 Å². The van der Waals surface area contributed by atoms with E-state index >= 15 is 0 Å². The van der Waals surface area contributed by atoms with E-state index in [1.54, 1.807) is 0 Å². The highest BCUT2D eigenvalue weighted by atomic mass is 35.5. The van der Waals surface area contributed by atoms with Crippen molar-refractivity contribution in [2.45, 2.75) is 6.92 Å².